The molecule has 1 heterocycles. The molecule has 0 N–H and O–H groups in total. The molecule has 0 aromatic rings. The highest BCUT2D eigenvalue weighted by molar-refractivity contribution is 6.18. The molecular formula is C12H24ClNO2. The van der Waals surface area contributed by atoms with E-state index in [2.05, 4.69) is 4.90 Å². The molecule has 1 fully saturated rings. The highest BCUT2D eigenvalue weighted by atomic mass is 35.5. The highest BCUT2D eigenvalue weighted by Crippen LogP contribution is 2.17. The van der Waals surface area contributed by atoms with Crippen molar-refractivity contribution < 1.29 is 9.47 Å². The van der Waals surface area contributed by atoms with Crippen molar-refractivity contribution in [3.8, 4) is 0 Å². The normalized spacial score (nSPS) is 22.5. The Balaban J connectivity index is 2.02. The van der Waals surface area contributed by atoms with Crippen LogP contribution in [0.15, 0.2) is 0 Å². The highest BCUT2D eigenvalue weighted by Gasteiger charge is 2.20. The number of halogens is 1. The Morgan fingerprint density at radius 2 is 2.12 bits per heavy atom. The smallest absolute Gasteiger partial charge is 0.0593 e. The van der Waals surface area contributed by atoms with Crippen molar-refractivity contribution in [3.05, 3.63) is 0 Å². The zero-order valence-corrected chi connectivity index (χ0v) is 11.0. The molecule has 1 atom stereocenters. The van der Waals surface area contributed by atoms with Crippen molar-refractivity contribution in [3.63, 3.8) is 0 Å². The topological polar surface area (TPSA) is 21.7 Å². The van der Waals surface area contributed by atoms with E-state index in [4.69, 9.17) is 21.1 Å². The molecule has 0 aromatic heterocycles. The summed E-state index contributed by atoms with van der Waals surface area (Å²) in [6.45, 7) is 4.60. The van der Waals surface area contributed by atoms with Gasteiger partial charge in [0.25, 0.3) is 0 Å². The zero-order valence-electron chi connectivity index (χ0n) is 10.3. The summed E-state index contributed by atoms with van der Waals surface area (Å²) >= 11 is 5.96. The minimum Gasteiger partial charge on any atom is -0.385 e. The molecule has 0 bridgehead atoms. The van der Waals surface area contributed by atoms with Gasteiger partial charge in [-0.25, -0.2) is 0 Å². The van der Waals surface area contributed by atoms with E-state index in [1.807, 2.05) is 0 Å². The van der Waals surface area contributed by atoms with E-state index in [1.165, 1.54) is 25.8 Å². The molecule has 0 spiro atoms. The third kappa shape index (κ3) is 5.48. The summed E-state index contributed by atoms with van der Waals surface area (Å²) in [5, 5.41) is 0. The fourth-order valence-corrected chi connectivity index (χ4v) is 2.47. The van der Waals surface area contributed by atoms with Crippen LogP contribution < -0.4 is 0 Å². The Morgan fingerprint density at radius 3 is 2.88 bits per heavy atom. The number of piperidine rings is 1. The second-order valence-electron chi connectivity index (χ2n) is 4.30. The van der Waals surface area contributed by atoms with Crippen LogP contribution in [0.4, 0.5) is 0 Å². The lowest BCUT2D eigenvalue weighted by Crippen LogP contribution is -2.42. The molecule has 96 valence electrons. The van der Waals surface area contributed by atoms with Gasteiger partial charge in [-0.05, 0) is 25.8 Å². The maximum atomic E-state index is 5.96. The van der Waals surface area contributed by atoms with Crippen LogP contribution in [0.25, 0.3) is 0 Å². The lowest BCUT2D eigenvalue weighted by atomic mass is 10.0. The van der Waals surface area contributed by atoms with Gasteiger partial charge >= 0.3 is 0 Å². The molecule has 0 saturated carbocycles. The molecule has 16 heavy (non-hydrogen) atoms. The molecule has 1 rings (SSSR count). The molecule has 0 aromatic carbocycles. The molecule has 1 aliphatic rings. The first-order valence-corrected chi connectivity index (χ1v) is 6.78. The van der Waals surface area contributed by atoms with E-state index in [-0.39, 0.29) is 0 Å². The lowest BCUT2D eigenvalue weighted by Gasteiger charge is -2.34. The van der Waals surface area contributed by atoms with Gasteiger partial charge in [-0.1, -0.05) is 6.42 Å². The second kappa shape index (κ2) is 9.23. The first-order chi connectivity index (χ1) is 7.88. The molecule has 3 nitrogen and oxygen atoms in total. The third-order valence-corrected chi connectivity index (χ3v) is 3.44. The molecule has 1 saturated heterocycles. The van der Waals surface area contributed by atoms with Gasteiger partial charge in [-0.2, -0.15) is 0 Å². The monoisotopic (exact) mass is 249 g/mol. The van der Waals surface area contributed by atoms with Crippen LogP contribution in [0.1, 0.15) is 25.7 Å². The van der Waals surface area contributed by atoms with Crippen molar-refractivity contribution in [1.82, 2.24) is 4.90 Å². The molecule has 4 heteroatoms. The minimum atomic E-state index is 0.568. The average Bonchev–Trinajstić information content (AvgIpc) is 2.34. The average molecular weight is 250 g/mol. The number of hydrogen-bond donors (Lipinski definition) is 0. The van der Waals surface area contributed by atoms with E-state index < -0.39 is 0 Å². The Hall–Kier alpha value is 0.170. The summed E-state index contributed by atoms with van der Waals surface area (Å²) in [4.78, 5) is 2.47. The fourth-order valence-electron chi connectivity index (χ4n) is 2.12. The maximum absolute atomic E-state index is 5.96. The van der Waals surface area contributed by atoms with Gasteiger partial charge in [0.1, 0.15) is 0 Å². The number of ether oxygens (including phenoxy) is 2. The van der Waals surface area contributed by atoms with Gasteiger partial charge in [0.2, 0.25) is 0 Å². The first-order valence-electron chi connectivity index (χ1n) is 6.25. The van der Waals surface area contributed by atoms with Crippen LogP contribution in [0.2, 0.25) is 0 Å². The van der Waals surface area contributed by atoms with Crippen molar-refractivity contribution in [2.24, 2.45) is 0 Å². The van der Waals surface area contributed by atoms with Gasteiger partial charge in [0.15, 0.2) is 0 Å². The summed E-state index contributed by atoms with van der Waals surface area (Å²) < 4.78 is 10.5. The van der Waals surface area contributed by atoms with Crippen LogP contribution in [-0.2, 0) is 9.47 Å². The minimum absolute atomic E-state index is 0.568. The summed E-state index contributed by atoms with van der Waals surface area (Å²) in [6.07, 6.45) is 4.85. The molecule has 0 amide bonds. The second-order valence-corrected chi connectivity index (χ2v) is 4.61. The molecule has 0 aliphatic carbocycles. The van der Waals surface area contributed by atoms with E-state index in [1.54, 1.807) is 7.11 Å². The molecule has 1 aliphatic heterocycles. The van der Waals surface area contributed by atoms with Crippen LogP contribution in [0.5, 0.6) is 0 Å². The number of methoxy groups -OCH3 is 1. The molecular weight excluding hydrogens is 226 g/mol. The van der Waals surface area contributed by atoms with E-state index in [9.17, 15) is 0 Å². The first kappa shape index (κ1) is 14.2. The Kier molecular flexibility index (Phi) is 8.21. The summed E-state index contributed by atoms with van der Waals surface area (Å²) in [6, 6.07) is 0.568. The number of hydrogen-bond acceptors (Lipinski definition) is 3. The molecule has 1 unspecified atom stereocenters. The molecule has 0 radical (unpaired) electrons. The lowest BCUT2D eigenvalue weighted by molar-refractivity contribution is 0.0655. The zero-order chi connectivity index (χ0) is 11.6. The van der Waals surface area contributed by atoms with Crippen LogP contribution in [0.3, 0.4) is 0 Å². The summed E-state index contributed by atoms with van der Waals surface area (Å²) in [5.74, 6) is 0.754. The Bertz CT molecular complexity index is 169. The van der Waals surface area contributed by atoms with E-state index in [0.717, 1.165) is 38.7 Å². The van der Waals surface area contributed by atoms with Crippen LogP contribution in [0, 0.1) is 0 Å². The SMILES string of the molecule is COCCCOCCN1CCCCC1CCl. The predicted octanol–water partition coefficient (Wildman–Crippen LogP) is 2.13. The summed E-state index contributed by atoms with van der Waals surface area (Å²) in [7, 11) is 1.72. The van der Waals surface area contributed by atoms with Gasteiger partial charge in [0.05, 0.1) is 6.61 Å². The van der Waals surface area contributed by atoms with Gasteiger partial charge in [0, 0.05) is 38.8 Å². The van der Waals surface area contributed by atoms with Gasteiger partial charge in [-0.15, -0.1) is 11.6 Å². The number of rotatable bonds is 8. The maximum Gasteiger partial charge on any atom is 0.0593 e. The van der Waals surface area contributed by atoms with E-state index in [0.29, 0.717) is 6.04 Å². The standard InChI is InChI=1S/C12H24ClNO2/c1-15-8-4-9-16-10-7-14-6-3-2-5-12(14)11-13/h12H,2-11H2,1H3. The van der Waals surface area contributed by atoms with Gasteiger partial charge in [-0.3, -0.25) is 4.90 Å². The van der Waals surface area contributed by atoms with Gasteiger partial charge < -0.3 is 9.47 Å². The largest absolute Gasteiger partial charge is 0.385 e. The predicted molar refractivity (Wildman–Crippen MR) is 67.2 cm³/mol. The Morgan fingerprint density at radius 1 is 1.25 bits per heavy atom. The Labute approximate surface area is 104 Å². The summed E-state index contributed by atoms with van der Waals surface area (Å²) in [5.41, 5.74) is 0. The van der Waals surface area contributed by atoms with Crippen molar-refractivity contribution in [1.29, 1.82) is 0 Å². The van der Waals surface area contributed by atoms with Crippen molar-refractivity contribution >= 4 is 11.6 Å². The van der Waals surface area contributed by atoms with Crippen LogP contribution >= 0.6 is 11.6 Å². The van der Waals surface area contributed by atoms with E-state index >= 15 is 0 Å². The van der Waals surface area contributed by atoms with Crippen LogP contribution in [-0.4, -0.2) is 56.8 Å². The number of alkyl halides is 1. The quantitative estimate of drug-likeness (QED) is 0.486. The fraction of sp³-hybridized carbons (Fsp3) is 1.00. The van der Waals surface area contributed by atoms with Crippen molar-refractivity contribution in [2.45, 2.75) is 31.7 Å². The number of likely N-dealkylation sites (tertiary alicyclic amines) is 1. The third-order valence-electron chi connectivity index (χ3n) is 3.09. The number of nitrogens with zero attached hydrogens (tertiary/aromatic N) is 1. The van der Waals surface area contributed by atoms with Crippen molar-refractivity contribution in [2.75, 3.05) is 45.9 Å².